The first kappa shape index (κ1) is 21.5. The predicted molar refractivity (Wildman–Crippen MR) is 107 cm³/mol. The lowest BCUT2D eigenvalue weighted by Crippen LogP contribution is -1.94. The topological polar surface area (TPSA) is 52.8 Å². The van der Waals surface area contributed by atoms with E-state index in [9.17, 15) is 5.11 Å². The maximum atomic E-state index is 9.82. The van der Waals surface area contributed by atoms with E-state index in [1.165, 1.54) is 83.3 Å². The maximum absolute atomic E-state index is 9.82. The van der Waals surface area contributed by atoms with Gasteiger partial charge in [0.25, 0.3) is 0 Å². The summed E-state index contributed by atoms with van der Waals surface area (Å²) in [4.78, 5) is 0. The number of benzene rings is 1. The molecule has 0 atom stereocenters. The molecule has 0 unspecified atom stereocenters. The Morgan fingerprint density at radius 3 is 1.84 bits per heavy atom. The lowest BCUT2D eigenvalue weighted by molar-refractivity contribution is 0.321. The van der Waals surface area contributed by atoms with Gasteiger partial charge in [-0.15, -0.1) is 0 Å². The van der Waals surface area contributed by atoms with E-state index in [4.69, 9.17) is 5.21 Å². The predicted octanol–water partition coefficient (Wildman–Crippen LogP) is 6.83. The van der Waals surface area contributed by atoms with Crippen LogP contribution in [-0.2, 0) is 6.42 Å². The average molecular weight is 348 g/mol. The number of hydrogen-bond donors (Lipinski definition) is 2. The number of hydrogen-bond acceptors (Lipinski definition) is 3. The minimum atomic E-state index is 0.185. The van der Waals surface area contributed by atoms with E-state index in [1.54, 1.807) is 6.07 Å². The van der Waals surface area contributed by atoms with Crippen molar-refractivity contribution >= 4 is 6.21 Å². The molecule has 0 aromatic heterocycles. The fraction of sp³-hybridized carbons (Fsp3) is 0.682. The van der Waals surface area contributed by atoms with Crippen molar-refractivity contribution in [3.05, 3.63) is 29.3 Å². The van der Waals surface area contributed by atoms with Crippen LogP contribution in [0.5, 0.6) is 5.75 Å². The van der Waals surface area contributed by atoms with Gasteiger partial charge in [0.2, 0.25) is 0 Å². The number of rotatable bonds is 15. The number of oxime groups is 1. The second kappa shape index (κ2) is 14.8. The lowest BCUT2D eigenvalue weighted by atomic mass is 10.00. The molecule has 0 heterocycles. The highest BCUT2D eigenvalue weighted by atomic mass is 16.4. The third kappa shape index (κ3) is 10.2. The molecule has 3 heteroatoms. The summed E-state index contributed by atoms with van der Waals surface area (Å²) in [6.07, 6.45) is 19.8. The molecule has 3 nitrogen and oxygen atoms in total. The first-order valence-electron chi connectivity index (χ1n) is 10.3. The van der Waals surface area contributed by atoms with Crippen molar-refractivity contribution in [1.82, 2.24) is 0 Å². The Labute approximate surface area is 154 Å². The van der Waals surface area contributed by atoms with Crippen LogP contribution in [0.4, 0.5) is 0 Å². The fourth-order valence-corrected chi connectivity index (χ4v) is 3.36. The molecular weight excluding hydrogens is 310 g/mol. The van der Waals surface area contributed by atoms with Crippen molar-refractivity contribution in [2.24, 2.45) is 5.16 Å². The third-order valence-corrected chi connectivity index (χ3v) is 4.91. The first-order valence-corrected chi connectivity index (χ1v) is 10.3. The van der Waals surface area contributed by atoms with E-state index in [-0.39, 0.29) is 5.75 Å². The summed E-state index contributed by atoms with van der Waals surface area (Å²) >= 11 is 0. The van der Waals surface area contributed by atoms with Gasteiger partial charge in [-0.3, -0.25) is 0 Å². The van der Waals surface area contributed by atoms with Gasteiger partial charge >= 0.3 is 0 Å². The summed E-state index contributed by atoms with van der Waals surface area (Å²) < 4.78 is 0. The molecule has 0 saturated carbocycles. The quantitative estimate of drug-likeness (QED) is 0.158. The largest absolute Gasteiger partial charge is 0.507 e. The van der Waals surface area contributed by atoms with Gasteiger partial charge in [0, 0.05) is 5.56 Å². The highest BCUT2D eigenvalue weighted by Gasteiger charge is 2.05. The molecule has 0 aliphatic carbocycles. The highest BCUT2D eigenvalue weighted by molar-refractivity contribution is 5.85. The fourth-order valence-electron chi connectivity index (χ4n) is 3.36. The Morgan fingerprint density at radius 2 is 1.32 bits per heavy atom. The lowest BCUT2D eigenvalue weighted by Gasteiger charge is -2.07. The van der Waals surface area contributed by atoms with Gasteiger partial charge in [0.15, 0.2) is 0 Å². The Balaban J connectivity index is 2.00. The zero-order valence-corrected chi connectivity index (χ0v) is 16.1. The van der Waals surface area contributed by atoms with E-state index in [1.807, 2.05) is 12.1 Å². The van der Waals surface area contributed by atoms with Gasteiger partial charge in [0.1, 0.15) is 5.75 Å². The van der Waals surface area contributed by atoms with E-state index in [0.717, 1.165) is 18.4 Å². The number of aromatic hydroxyl groups is 1. The zero-order valence-electron chi connectivity index (χ0n) is 16.1. The highest BCUT2D eigenvalue weighted by Crippen LogP contribution is 2.21. The van der Waals surface area contributed by atoms with Crippen LogP contribution >= 0.6 is 0 Å². The Kier molecular flexibility index (Phi) is 12.7. The number of phenolic OH excluding ortho intramolecular Hbond substituents is 1. The molecular formula is C22H37NO2. The van der Waals surface area contributed by atoms with Crippen LogP contribution < -0.4 is 0 Å². The second-order valence-corrected chi connectivity index (χ2v) is 7.09. The summed E-state index contributed by atoms with van der Waals surface area (Å²) in [5.41, 5.74) is 1.70. The van der Waals surface area contributed by atoms with Gasteiger partial charge < -0.3 is 10.3 Å². The zero-order chi connectivity index (χ0) is 18.2. The van der Waals surface area contributed by atoms with Crippen molar-refractivity contribution in [2.75, 3.05) is 0 Å². The summed E-state index contributed by atoms with van der Waals surface area (Å²) in [5.74, 6) is 0.185. The molecule has 0 spiro atoms. The molecule has 0 aliphatic rings. The Hall–Kier alpha value is -1.51. The van der Waals surface area contributed by atoms with Crippen LogP contribution in [0.1, 0.15) is 102 Å². The van der Waals surface area contributed by atoms with Crippen LogP contribution in [0.2, 0.25) is 0 Å². The number of aryl methyl sites for hydroxylation is 1. The number of nitrogens with zero attached hydrogens (tertiary/aromatic N) is 1. The molecule has 1 rings (SSSR count). The normalized spacial score (nSPS) is 11.4. The van der Waals surface area contributed by atoms with Crippen molar-refractivity contribution in [1.29, 1.82) is 0 Å². The van der Waals surface area contributed by atoms with Crippen LogP contribution in [-0.4, -0.2) is 16.5 Å². The van der Waals surface area contributed by atoms with E-state index in [2.05, 4.69) is 12.1 Å². The first-order chi connectivity index (χ1) is 12.3. The maximum Gasteiger partial charge on any atom is 0.124 e. The molecule has 0 fully saturated rings. The minimum absolute atomic E-state index is 0.185. The molecule has 0 aliphatic heterocycles. The molecule has 0 saturated heterocycles. The van der Waals surface area contributed by atoms with E-state index < -0.39 is 0 Å². The van der Waals surface area contributed by atoms with Gasteiger partial charge in [0.05, 0.1) is 6.21 Å². The smallest absolute Gasteiger partial charge is 0.124 e. The Morgan fingerprint density at radius 1 is 0.800 bits per heavy atom. The van der Waals surface area contributed by atoms with Crippen LogP contribution in [0.15, 0.2) is 23.4 Å². The van der Waals surface area contributed by atoms with Gasteiger partial charge in [-0.2, -0.15) is 0 Å². The average Bonchev–Trinajstić information content (AvgIpc) is 2.61. The Bertz CT molecular complexity index is 471. The summed E-state index contributed by atoms with van der Waals surface area (Å²) in [5, 5.41) is 21.6. The van der Waals surface area contributed by atoms with Gasteiger partial charge in [-0.25, -0.2) is 0 Å². The van der Waals surface area contributed by atoms with Crippen molar-refractivity contribution in [3.63, 3.8) is 0 Å². The molecule has 25 heavy (non-hydrogen) atoms. The molecule has 0 radical (unpaired) electrons. The number of unbranched alkanes of at least 4 members (excludes halogenated alkanes) is 12. The number of phenols is 1. The van der Waals surface area contributed by atoms with Crippen molar-refractivity contribution in [2.45, 2.75) is 96.8 Å². The van der Waals surface area contributed by atoms with E-state index in [0.29, 0.717) is 5.56 Å². The molecule has 2 N–H and O–H groups in total. The van der Waals surface area contributed by atoms with Crippen LogP contribution in [0, 0.1) is 0 Å². The van der Waals surface area contributed by atoms with Gasteiger partial charge in [-0.1, -0.05) is 101 Å². The SMILES string of the molecule is CCCCCCCCCCCCCCCc1cccc(O)c1/C=N\O. The van der Waals surface area contributed by atoms with Crippen LogP contribution in [0.3, 0.4) is 0 Å². The third-order valence-electron chi connectivity index (χ3n) is 4.91. The van der Waals surface area contributed by atoms with Crippen molar-refractivity contribution in [3.8, 4) is 5.75 Å². The molecule has 142 valence electrons. The second-order valence-electron chi connectivity index (χ2n) is 7.09. The van der Waals surface area contributed by atoms with Gasteiger partial charge in [-0.05, 0) is 24.5 Å². The summed E-state index contributed by atoms with van der Waals surface area (Å²) in [7, 11) is 0. The van der Waals surface area contributed by atoms with Crippen LogP contribution in [0.25, 0.3) is 0 Å². The molecule has 0 amide bonds. The van der Waals surface area contributed by atoms with E-state index >= 15 is 0 Å². The molecule has 1 aromatic rings. The molecule has 0 bridgehead atoms. The standard InChI is InChI=1S/C22H37NO2/c1-2-3-4-5-6-7-8-9-10-11-12-13-14-16-20-17-15-18-22(24)21(20)19-23-25/h15,17-19,24-25H,2-14,16H2,1H3/b23-19-. The molecule has 1 aromatic carbocycles. The van der Waals surface area contributed by atoms with Crippen molar-refractivity contribution < 1.29 is 10.3 Å². The monoisotopic (exact) mass is 347 g/mol. The summed E-state index contributed by atoms with van der Waals surface area (Å²) in [6, 6.07) is 5.48. The summed E-state index contributed by atoms with van der Waals surface area (Å²) in [6.45, 7) is 2.27. The minimum Gasteiger partial charge on any atom is -0.507 e.